The predicted molar refractivity (Wildman–Crippen MR) is 63.4 cm³/mol. The number of halogens is 1. The summed E-state index contributed by atoms with van der Waals surface area (Å²) in [4.78, 5) is 3.05. The van der Waals surface area contributed by atoms with Crippen molar-refractivity contribution in [2.24, 2.45) is 0 Å². The second-order valence-corrected chi connectivity index (χ2v) is 4.31. The maximum absolute atomic E-state index is 5.78. The van der Waals surface area contributed by atoms with Crippen molar-refractivity contribution in [1.82, 2.24) is 4.98 Å². The first kappa shape index (κ1) is 10.7. The lowest BCUT2D eigenvalue weighted by molar-refractivity contribution is 1.47. The number of hydrogen-bond acceptors (Lipinski definition) is 2. The van der Waals surface area contributed by atoms with Gasteiger partial charge in [-0.05, 0) is 30.4 Å². The predicted octanol–water partition coefficient (Wildman–Crippen LogP) is 4.64. The molecule has 0 saturated heterocycles. The number of fused-ring (bicyclic) bond motifs is 1. The number of aromatic amines is 1. The van der Waals surface area contributed by atoms with Crippen LogP contribution in [-0.2, 0) is 0 Å². The maximum Gasteiger partial charge on any atom is 0.159 e. The van der Waals surface area contributed by atoms with E-state index >= 15 is 0 Å². The monoisotopic (exact) mass is 231 g/mol. The van der Waals surface area contributed by atoms with Gasteiger partial charge in [-0.25, -0.2) is 0 Å². The molecule has 70 valence electrons. The van der Waals surface area contributed by atoms with Crippen LogP contribution >= 0.6 is 35.2 Å². The van der Waals surface area contributed by atoms with Gasteiger partial charge in [0.05, 0.1) is 10.2 Å². The Bertz CT molecular complexity index is 444. The Morgan fingerprint density at radius 2 is 2.08 bits per heavy atom. The summed E-state index contributed by atoms with van der Waals surface area (Å²) in [5.41, 5.74) is 1.02. The van der Waals surface area contributed by atoms with Crippen LogP contribution in [0.5, 0.6) is 0 Å². The smallest absolute Gasteiger partial charge is 0.159 e. The molecule has 1 N–H and O–H groups in total. The van der Waals surface area contributed by atoms with Gasteiger partial charge in [0.15, 0.2) is 3.95 Å². The summed E-state index contributed by atoms with van der Waals surface area (Å²) in [6.07, 6.45) is 0. The molecule has 0 fully saturated rings. The van der Waals surface area contributed by atoms with Gasteiger partial charge in [-0.2, -0.15) is 0 Å². The Morgan fingerprint density at radius 1 is 1.38 bits per heavy atom. The highest BCUT2D eigenvalue weighted by atomic mass is 35.5. The van der Waals surface area contributed by atoms with Gasteiger partial charge in [0.1, 0.15) is 0 Å². The number of H-pyrrole nitrogens is 1. The zero-order chi connectivity index (χ0) is 9.84. The van der Waals surface area contributed by atoms with Gasteiger partial charge in [-0.15, -0.1) is 11.3 Å². The van der Waals surface area contributed by atoms with Crippen LogP contribution in [0.4, 0.5) is 0 Å². The molecule has 0 radical (unpaired) electrons. The van der Waals surface area contributed by atoms with Gasteiger partial charge in [-0.3, -0.25) is 0 Å². The third-order valence-corrected chi connectivity index (χ3v) is 2.83. The van der Waals surface area contributed by atoms with Crippen molar-refractivity contribution < 1.29 is 0 Å². The van der Waals surface area contributed by atoms with Crippen LogP contribution in [0.25, 0.3) is 10.2 Å². The molecule has 1 heterocycles. The molecular weight excluding hydrogens is 222 g/mol. The molecule has 0 aliphatic heterocycles. The fourth-order valence-electron chi connectivity index (χ4n) is 0.924. The van der Waals surface area contributed by atoms with Crippen LogP contribution in [0.3, 0.4) is 0 Å². The van der Waals surface area contributed by atoms with Crippen LogP contribution in [0.2, 0.25) is 5.02 Å². The van der Waals surface area contributed by atoms with Gasteiger partial charge in [-0.1, -0.05) is 25.4 Å². The minimum Gasteiger partial charge on any atom is -0.337 e. The second-order valence-electron chi connectivity index (χ2n) is 2.16. The van der Waals surface area contributed by atoms with Crippen molar-refractivity contribution in [3.05, 3.63) is 27.2 Å². The Kier molecular flexibility index (Phi) is 3.90. The van der Waals surface area contributed by atoms with Gasteiger partial charge < -0.3 is 4.98 Å². The lowest BCUT2D eigenvalue weighted by Crippen LogP contribution is -1.65. The number of rotatable bonds is 0. The number of nitrogens with one attached hydrogen (secondary N) is 1. The molecule has 4 heteroatoms. The molecule has 2 rings (SSSR count). The summed E-state index contributed by atoms with van der Waals surface area (Å²) >= 11 is 12.3. The summed E-state index contributed by atoms with van der Waals surface area (Å²) in [6, 6.07) is 5.71. The fourth-order valence-corrected chi connectivity index (χ4v) is 2.19. The second kappa shape index (κ2) is 4.74. The molecule has 0 atom stereocenters. The van der Waals surface area contributed by atoms with E-state index < -0.39 is 0 Å². The van der Waals surface area contributed by atoms with Crippen LogP contribution < -0.4 is 0 Å². The summed E-state index contributed by atoms with van der Waals surface area (Å²) in [5.74, 6) is 0. The SMILES string of the molecule is CC.S=c1[nH]c2cc(Cl)ccc2s1. The molecule has 0 aliphatic carbocycles. The van der Waals surface area contributed by atoms with E-state index in [1.807, 2.05) is 32.0 Å². The van der Waals surface area contributed by atoms with Crippen molar-refractivity contribution in [2.75, 3.05) is 0 Å². The van der Waals surface area contributed by atoms with Gasteiger partial charge in [0.25, 0.3) is 0 Å². The van der Waals surface area contributed by atoms with E-state index in [0.29, 0.717) is 0 Å². The summed E-state index contributed by atoms with van der Waals surface area (Å²) < 4.78 is 1.95. The van der Waals surface area contributed by atoms with Gasteiger partial charge in [0.2, 0.25) is 0 Å². The van der Waals surface area contributed by atoms with Crippen molar-refractivity contribution in [3.8, 4) is 0 Å². The van der Waals surface area contributed by atoms with E-state index in [2.05, 4.69) is 4.98 Å². The molecule has 2 aromatic rings. The normalized spacial score (nSPS) is 9.46. The van der Waals surface area contributed by atoms with Crippen LogP contribution in [0.15, 0.2) is 18.2 Å². The molecule has 0 bridgehead atoms. The molecule has 0 spiro atoms. The quantitative estimate of drug-likeness (QED) is 0.654. The Balaban J connectivity index is 0.000000396. The highest BCUT2D eigenvalue weighted by Crippen LogP contribution is 2.22. The summed E-state index contributed by atoms with van der Waals surface area (Å²) in [6.45, 7) is 4.00. The van der Waals surface area contributed by atoms with E-state index in [-0.39, 0.29) is 0 Å². The first-order valence-electron chi connectivity index (χ1n) is 4.04. The lowest BCUT2D eigenvalue weighted by Gasteiger charge is -1.87. The van der Waals surface area contributed by atoms with E-state index in [9.17, 15) is 0 Å². The van der Waals surface area contributed by atoms with E-state index in [4.69, 9.17) is 23.8 Å². The van der Waals surface area contributed by atoms with Crippen molar-refractivity contribution in [1.29, 1.82) is 0 Å². The van der Waals surface area contributed by atoms with E-state index in [1.54, 1.807) is 11.3 Å². The van der Waals surface area contributed by atoms with Crippen LogP contribution in [0, 0.1) is 3.95 Å². The maximum atomic E-state index is 5.78. The average molecular weight is 232 g/mol. The van der Waals surface area contributed by atoms with Gasteiger partial charge in [0, 0.05) is 5.02 Å². The number of hydrogen-bond donors (Lipinski definition) is 1. The minimum atomic E-state index is 0.738. The minimum absolute atomic E-state index is 0.738. The lowest BCUT2D eigenvalue weighted by atomic mass is 10.3. The molecule has 1 aromatic heterocycles. The van der Waals surface area contributed by atoms with Gasteiger partial charge >= 0.3 is 0 Å². The third kappa shape index (κ3) is 2.53. The Hall–Kier alpha value is -0.380. The largest absolute Gasteiger partial charge is 0.337 e. The molecule has 0 aliphatic rings. The highest BCUT2D eigenvalue weighted by molar-refractivity contribution is 7.73. The first-order valence-corrected chi connectivity index (χ1v) is 5.64. The molecule has 0 amide bonds. The average Bonchev–Trinajstić information content (AvgIpc) is 2.48. The topological polar surface area (TPSA) is 15.8 Å². The number of thiazole rings is 1. The molecular formula is C9H10ClNS2. The summed E-state index contributed by atoms with van der Waals surface area (Å²) in [5, 5.41) is 0.738. The van der Waals surface area contributed by atoms with Crippen molar-refractivity contribution in [2.45, 2.75) is 13.8 Å². The Morgan fingerprint density at radius 3 is 2.77 bits per heavy atom. The number of aromatic nitrogens is 1. The molecule has 1 aromatic carbocycles. The zero-order valence-corrected chi connectivity index (χ0v) is 9.82. The van der Waals surface area contributed by atoms with Crippen molar-refractivity contribution in [3.63, 3.8) is 0 Å². The fraction of sp³-hybridized carbons (Fsp3) is 0.222. The van der Waals surface area contributed by atoms with Crippen LogP contribution in [0.1, 0.15) is 13.8 Å². The highest BCUT2D eigenvalue weighted by Gasteiger charge is 1.95. The Labute approximate surface area is 91.4 Å². The van der Waals surface area contributed by atoms with E-state index in [0.717, 1.165) is 19.2 Å². The zero-order valence-electron chi connectivity index (χ0n) is 7.43. The molecule has 0 saturated carbocycles. The van der Waals surface area contributed by atoms with E-state index in [1.165, 1.54) is 0 Å². The first-order chi connectivity index (χ1) is 6.25. The third-order valence-electron chi connectivity index (χ3n) is 1.38. The molecule has 13 heavy (non-hydrogen) atoms. The standard InChI is InChI=1S/C7H4ClNS2.C2H6/c8-4-1-2-6-5(3-4)9-7(10)11-6;1-2/h1-3H,(H,9,10);1-2H3. The van der Waals surface area contributed by atoms with Crippen LogP contribution in [-0.4, -0.2) is 4.98 Å². The summed E-state index contributed by atoms with van der Waals surface area (Å²) in [7, 11) is 0. The molecule has 0 unspecified atom stereocenters. The number of benzene rings is 1. The van der Waals surface area contributed by atoms with Crippen molar-refractivity contribution >= 4 is 45.4 Å². The molecule has 1 nitrogen and oxygen atoms in total.